The van der Waals surface area contributed by atoms with Crippen LogP contribution in [0.3, 0.4) is 0 Å². The molecule has 0 bridgehead atoms. The van der Waals surface area contributed by atoms with Crippen molar-refractivity contribution in [2.45, 2.75) is 0 Å². The van der Waals surface area contributed by atoms with Crippen LogP contribution in [-0.2, 0) is 0 Å². The maximum atomic E-state index is 13.4. The van der Waals surface area contributed by atoms with Gasteiger partial charge in [0.15, 0.2) is 5.69 Å². The van der Waals surface area contributed by atoms with Gasteiger partial charge in [-0.05, 0) is 54.6 Å². The van der Waals surface area contributed by atoms with Crippen LogP contribution in [0.15, 0.2) is 73.1 Å². The maximum Gasteiger partial charge on any atom is 0.276 e. The Balaban J connectivity index is 1.72. The fraction of sp³-hybridized carbons (Fsp3) is 0.0870. The molecule has 1 N–H and O–H groups in total. The fourth-order valence-corrected chi connectivity index (χ4v) is 3.09. The van der Waals surface area contributed by atoms with Crippen LogP contribution in [0.5, 0.6) is 11.5 Å². The van der Waals surface area contributed by atoms with Crippen molar-refractivity contribution in [3.63, 3.8) is 0 Å². The smallest absolute Gasteiger partial charge is 0.276 e. The molecule has 0 saturated heterocycles. The van der Waals surface area contributed by atoms with Crippen LogP contribution in [0.1, 0.15) is 10.5 Å². The molecule has 4 aromatic rings. The molecule has 0 unspecified atom stereocenters. The zero-order valence-corrected chi connectivity index (χ0v) is 16.9. The van der Waals surface area contributed by atoms with Crippen molar-refractivity contribution < 1.29 is 18.7 Å². The van der Waals surface area contributed by atoms with Crippen molar-refractivity contribution in [2.75, 3.05) is 19.5 Å². The van der Waals surface area contributed by atoms with E-state index >= 15 is 0 Å². The molecule has 2 heterocycles. The molecule has 0 aliphatic rings. The van der Waals surface area contributed by atoms with E-state index in [1.54, 1.807) is 60.6 Å². The van der Waals surface area contributed by atoms with Crippen LogP contribution in [0, 0.1) is 5.82 Å². The number of amides is 1. The summed E-state index contributed by atoms with van der Waals surface area (Å²) in [4.78, 5) is 17.0. The lowest BCUT2D eigenvalue weighted by molar-refractivity contribution is 0.102. The first-order chi connectivity index (χ1) is 15.1. The minimum Gasteiger partial charge on any atom is -0.497 e. The first kappa shape index (κ1) is 20.1. The van der Waals surface area contributed by atoms with E-state index in [4.69, 9.17) is 9.47 Å². The lowest BCUT2D eigenvalue weighted by Gasteiger charge is -2.10. The zero-order valence-electron chi connectivity index (χ0n) is 16.9. The number of halogens is 1. The van der Waals surface area contributed by atoms with Crippen molar-refractivity contribution in [2.24, 2.45) is 0 Å². The Morgan fingerprint density at radius 3 is 2.39 bits per heavy atom. The molecule has 4 rings (SSSR count). The van der Waals surface area contributed by atoms with Crippen LogP contribution >= 0.6 is 0 Å². The molecule has 0 spiro atoms. The predicted octanol–water partition coefficient (Wildman–Crippen LogP) is 4.34. The number of pyridine rings is 1. The van der Waals surface area contributed by atoms with Crippen LogP contribution in [0.2, 0.25) is 0 Å². The molecule has 31 heavy (non-hydrogen) atoms. The van der Waals surface area contributed by atoms with Crippen LogP contribution in [-0.4, -0.2) is 34.9 Å². The molecule has 7 nitrogen and oxygen atoms in total. The van der Waals surface area contributed by atoms with E-state index in [9.17, 15) is 9.18 Å². The number of nitrogens with one attached hydrogen (secondary N) is 1. The Morgan fingerprint density at radius 2 is 1.71 bits per heavy atom. The SMILES string of the molecule is COc1ccc(NC(=O)c2cc(-c3ccncc3)n(-c3ccc(F)cc3)n2)c(OC)c1. The summed E-state index contributed by atoms with van der Waals surface area (Å²) in [5.41, 5.74) is 2.77. The second kappa shape index (κ2) is 8.66. The molecule has 2 aromatic carbocycles. The van der Waals surface area contributed by atoms with Crippen LogP contribution in [0.4, 0.5) is 10.1 Å². The highest BCUT2D eigenvalue weighted by molar-refractivity contribution is 6.04. The van der Waals surface area contributed by atoms with Crippen LogP contribution in [0.25, 0.3) is 16.9 Å². The maximum absolute atomic E-state index is 13.4. The van der Waals surface area contributed by atoms with Gasteiger partial charge in [0.2, 0.25) is 0 Å². The van der Waals surface area contributed by atoms with E-state index in [1.807, 2.05) is 12.1 Å². The van der Waals surface area contributed by atoms with Gasteiger partial charge in [0.25, 0.3) is 5.91 Å². The lowest BCUT2D eigenvalue weighted by Crippen LogP contribution is -2.14. The van der Waals surface area contributed by atoms with Gasteiger partial charge in [-0.2, -0.15) is 5.10 Å². The third kappa shape index (κ3) is 4.23. The summed E-state index contributed by atoms with van der Waals surface area (Å²) < 4.78 is 25.5. The van der Waals surface area contributed by atoms with E-state index in [2.05, 4.69) is 15.4 Å². The van der Waals surface area contributed by atoms with Gasteiger partial charge in [-0.3, -0.25) is 9.78 Å². The first-order valence-electron chi connectivity index (χ1n) is 9.39. The highest BCUT2D eigenvalue weighted by Crippen LogP contribution is 2.30. The summed E-state index contributed by atoms with van der Waals surface area (Å²) in [7, 11) is 3.06. The molecular weight excluding hydrogens is 399 g/mol. The Hall–Kier alpha value is -4.20. The van der Waals surface area contributed by atoms with Gasteiger partial charge in [0.05, 0.1) is 31.3 Å². The number of ether oxygens (including phenoxy) is 2. The zero-order chi connectivity index (χ0) is 21.8. The number of benzene rings is 2. The second-order valence-corrected chi connectivity index (χ2v) is 6.56. The van der Waals surface area contributed by atoms with E-state index in [-0.39, 0.29) is 11.5 Å². The first-order valence-corrected chi connectivity index (χ1v) is 9.39. The lowest BCUT2D eigenvalue weighted by atomic mass is 10.1. The molecule has 0 fully saturated rings. The van der Waals surface area contributed by atoms with Gasteiger partial charge < -0.3 is 14.8 Å². The Kier molecular flexibility index (Phi) is 5.61. The highest BCUT2D eigenvalue weighted by Gasteiger charge is 2.18. The van der Waals surface area contributed by atoms with Crippen molar-refractivity contribution in [1.29, 1.82) is 0 Å². The molecule has 0 radical (unpaired) electrons. The summed E-state index contributed by atoms with van der Waals surface area (Å²) in [6.45, 7) is 0. The van der Waals surface area contributed by atoms with Crippen molar-refractivity contribution >= 4 is 11.6 Å². The Morgan fingerprint density at radius 1 is 0.968 bits per heavy atom. The number of methoxy groups -OCH3 is 2. The number of nitrogens with zero attached hydrogens (tertiary/aromatic N) is 3. The van der Waals surface area contributed by atoms with Crippen LogP contribution < -0.4 is 14.8 Å². The molecule has 0 aliphatic heterocycles. The normalized spacial score (nSPS) is 10.5. The van der Waals surface area contributed by atoms with Gasteiger partial charge in [0, 0.05) is 24.0 Å². The van der Waals surface area contributed by atoms with Crippen molar-refractivity contribution in [1.82, 2.24) is 14.8 Å². The summed E-state index contributed by atoms with van der Waals surface area (Å²) in [5.74, 6) is 0.293. The molecule has 0 aliphatic carbocycles. The Labute approximate surface area is 178 Å². The highest BCUT2D eigenvalue weighted by atomic mass is 19.1. The second-order valence-electron chi connectivity index (χ2n) is 6.56. The largest absolute Gasteiger partial charge is 0.497 e. The molecular formula is C23H19FN4O3. The topological polar surface area (TPSA) is 78.3 Å². The summed E-state index contributed by atoms with van der Waals surface area (Å²) >= 11 is 0. The number of rotatable bonds is 6. The van der Waals surface area contributed by atoms with Gasteiger partial charge >= 0.3 is 0 Å². The number of aromatic nitrogens is 3. The molecule has 1 amide bonds. The van der Waals surface area contributed by atoms with E-state index in [0.29, 0.717) is 28.6 Å². The number of hydrogen-bond acceptors (Lipinski definition) is 5. The molecule has 0 saturated carbocycles. The summed E-state index contributed by atoms with van der Waals surface area (Å²) in [5, 5.41) is 7.28. The average molecular weight is 418 g/mol. The monoisotopic (exact) mass is 418 g/mol. The third-order valence-electron chi connectivity index (χ3n) is 4.65. The standard InChI is InChI=1S/C23H19FN4O3/c1-30-18-7-8-19(22(13-18)31-2)26-23(29)20-14-21(15-9-11-25-12-10-15)28(27-20)17-5-3-16(24)4-6-17/h3-14H,1-2H3,(H,26,29). The minimum absolute atomic E-state index is 0.189. The number of hydrogen-bond donors (Lipinski definition) is 1. The minimum atomic E-state index is -0.417. The van der Waals surface area contributed by atoms with E-state index in [1.165, 1.54) is 19.2 Å². The van der Waals surface area contributed by atoms with E-state index in [0.717, 1.165) is 5.56 Å². The number of carbonyl (C=O) groups is 1. The van der Waals surface area contributed by atoms with Gasteiger partial charge in [-0.1, -0.05) is 0 Å². The summed E-state index contributed by atoms with van der Waals surface area (Å²) in [6.07, 6.45) is 3.30. The van der Waals surface area contributed by atoms with E-state index < -0.39 is 5.91 Å². The quantitative estimate of drug-likeness (QED) is 0.504. The number of anilines is 1. The molecule has 156 valence electrons. The fourth-order valence-electron chi connectivity index (χ4n) is 3.09. The van der Waals surface area contributed by atoms with Gasteiger partial charge in [-0.15, -0.1) is 0 Å². The number of carbonyl (C=O) groups excluding carboxylic acids is 1. The Bertz CT molecular complexity index is 1210. The average Bonchev–Trinajstić information content (AvgIpc) is 3.26. The molecule has 0 atom stereocenters. The molecule has 2 aromatic heterocycles. The van der Waals surface area contributed by atoms with Gasteiger partial charge in [-0.25, -0.2) is 9.07 Å². The molecule has 8 heteroatoms. The van der Waals surface area contributed by atoms with Crippen molar-refractivity contribution in [3.05, 3.63) is 84.6 Å². The van der Waals surface area contributed by atoms with Gasteiger partial charge in [0.1, 0.15) is 17.3 Å². The van der Waals surface area contributed by atoms with Crippen molar-refractivity contribution in [3.8, 4) is 28.4 Å². The summed E-state index contributed by atoms with van der Waals surface area (Å²) in [6, 6.07) is 16.3. The predicted molar refractivity (Wildman–Crippen MR) is 114 cm³/mol. The third-order valence-corrected chi connectivity index (χ3v) is 4.65.